The molecule has 0 spiro atoms. The molecule has 5 heteroatoms. The lowest BCUT2D eigenvalue weighted by molar-refractivity contribution is -0.140. The van der Waals surface area contributed by atoms with Crippen LogP contribution in [0.15, 0.2) is 24.3 Å². The molecule has 15 heavy (non-hydrogen) atoms. The highest BCUT2D eigenvalue weighted by molar-refractivity contribution is 5.82. The van der Waals surface area contributed by atoms with Crippen LogP contribution in [0.5, 0.6) is 0 Å². The average molecular weight is 214 g/mol. The van der Waals surface area contributed by atoms with Crippen LogP contribution >= 0.6 is 0 Å². The Bertz CT molecular complexity index is 278. The molecule has 0 saturated carbocycles. The molecule has 0 aromatic heterocycles. The molecule has 2 unspecified atom stereocenters. The third-order valence-electron chi connectivity index (χ3n) is 1.32. The smallest absolute Gasteiger partial charge is 0.331 e. The van der Waals surface area contributed by atoms with E-state index in [-0.39, 0.29) is 0 Å². The van der Waals surface area contributed by atoms with Crippen molar-refractivity contribution in [3.05, 3.63) is 24.3 Å². The van der Waals surface area contributed by atoms with Gasteiger partial charge in [0.25, 0.3) is 0 Å². The fourth-order valence-electron chi connectivity index (χ4n) is 0.697. The van der Waals surface area contributed by atoms with Crippen LogP contribution in [0.4, 0.5) is 0 Å². The van der Waals surface area contributed by atoms with E-state index < -0.39 is 24.1 Å². The van der Waals surface area contributed by atoms with Gasteiger partial charge in [-0.15, -0.1) is 0 Å². The molecule has 0 heterocycles. The summed E-state index contributed by atoms with van der Waals surface area (Å²) in [7, 11) is 0. The molecular weight excluding hydrogens is 200 g/mol. The van der Waals surface area contributed by atoms with Gasteiger partial charge in [0.15, 0.2) is 0 Å². The molecule has 5 nitrogen and oxygen atoms in total. The van der Waals surface area contributed by atoms with Gasteiger partial charge in [0.2, 0.25) is 0 Å². The number of hydrogen-bond acceptors (Lipinski definition) is 4. The van der Waals surface area contributed by atoms with E-state index in [1.54, 1.807) is 0 Å². The Labute approximate surface area is 87.7 Å². The standard InChI is InChI=1S/C10H14O5/c1-7(11)3-6-10(14)15-8(2)4-5-9(12)13/h3-8,11H,1-2H3,(H,12,13). The van der Waals surface area contributed by atoms with Crippen molar-refractivity contribution >= 4 is 11.9 Å². The lowest BCUT2D eigenvalue weighted by atomic mass is 10.3. The molecule has 0 fully saturated rings. The van der Waals surface area contributed by atoms with Gasteiger partial charge in [-0.2, -0.15) is 0 Å². The average Bonchev–Trinajstić information content (AvgIpc) is 2.11. The molecule has 0 saturated heterocycles. The van der Waals surface area contributed by atoms with Gasteiger partial charge in [-0.05, 0) is 26.0 Å². The van der Waals surface area contributed by atoms with Crippen molar-refractivity contribution in [3.63, 3.8) is 0 Å². The Morgan fingerprint density at radius 3 is 2.27 bits per heavy atom. The predicted molar refractivity (Wildman–Crippen MR) is 53.2 cm³/mol. The Morgan fingerprint density at radius 2 is 1.80 bits per heavy atom. The van der Waals surface area contributed by atoms with E-state index >= 15 is 0 Å². The van der Waals surface area contributed by atoms with Gasteiger partial charge in [-0.25, -0.2) is 9.59 Å². The monoisotopic (exact) mass is 214 g/mol. The summed E-state index contributed by atoms with van der Waals surface area (Å²) in [4.78, 5) is 21.1. The Kier molecular flexibility index (Phi) is 6.05. The summed E-state index contributed by atoms with van der Waals surface area (Å²) >= 11 is 0. The zero-order chi connectivity index (χ0) is 11.8. The van der Waals surface area contributed by atoms with Crippen molar-refractivity contribution < 1.29 is 24.5 Å². The molecule has 2 N–H and O–H groups in total. The van der Waals surface area contributed by atoms with Gasteiger partial charge >= 0.3 is 11.9 Å². The van der Waals surface area contributed by atoms with Crippen molar-refractivity contribution in [2.45, 2.75) is 26.1 Å². The number of carbonyl (C=O) groups excluding carboxylic acids is 1. The van der Waals surface area contributed by atoms with Gasteiger partial charge in [0.1, 0.15) is 6.10 Å². The third kappa shape index (κ3) is 8.70. The maximum atomic E-state index is 11.0. The molecule has 0 aliphatic rings. The van der Waals surface area contributed by atoms with E-state index in [9.17, 15) is 9.59 Å². The molecule has 0 aromatic rings. The van der Waals surface area contributed by atoms with Crippen LogP contribution < -0.4 is 0 Å². The molecule has 2 atom stereocenters. The van der Waals surface area contributed by atoms with Crippen LogP contribution in [0.25, 0.3) is 0 Å². The van der Waals surface area contributed by atoms with Gasteiger partial charge in [-0.1, -0.05) is 0 Å². The fourth-order valence-corrected chi connectivity index (χ4v) is 0.697. The minimum atomic E-state index is -1.10. The molecule has 0 radical (unpaired) electrons. The highest BCUT2D eigenvalue weighted by atomic mass is 16.5. The number of carboxylic acid groups (broad SMARTS) is 1. The van der Waals surface area contributed by atoms with Crippen LogP contribution in [-0.4, -0.2) is 34.4 Å². The topological polar surface area (TPSA) is 83.8 Å². The number of esters is 1. The van der Waals surface area contributed by atoms with E-state index in [1.165, 1.54) is 26.0 Å². The summed E-state index contributed by atoms with van der Waals surface area (Å²) in [5.41, 5.74) is 0. The zero-order valence-electron chi connectivity index (χ0n) is 8.58. The number of aliphatic hydroxyl groups is 1. The number of carbonyl (C=O) groups is 2. The highest BCUT2D eigenvalue weighted by Gasteiger charge is 2.03. The number of rotatable bonds is 5. The second-order valence-corrected chi connectivity index (χ2v) is 2.94. The number of hydrogen-bond donors (Lipinski definition) is 2. The lowest BCUT2D eigenvalue weighted by Crippen LogP contribution is -2.11. The van der Waals surface area contributed by atoms with E-state index in [2.05, 4.69) is 0 Å². The van der Waals surface area contributed by atoms with E-state index in [0.29, 0.717) is 0 Å². The maximum absolute atomic E-state index is 11.0. The first kappa shape index (κ1) is 13.4. The Morgan fingerprint density at radius 1 is 1.20 bits per heavy atom. The molecule has 0 aromatic carbocycles. The number of ether oxygens (including phenoxy) is 1. The minimum absolute atomic E-state index is 0.618. The number of carboxylic acids is 1. The van der Waals surface area contributed by atoms with Crippen molar-refractivity contribution in [2.75, 3.05) is 0 Å². The van der Waals surface area contributed by atoms with E-state index in [0.717, 1.165) is 12.2 Å². The third-order valence-corrected chi connectivity index (χ3v) is 1.32. The first-order valence-corrected chi connectivity index (χ1v) is 4.40. The normalized spacial score (nSPS) is 15.4. The summed E-state index contributed by atoms with van der Waals surface area (Å²) < 4.78 is 4.76. The number of aliphatic hydroxyl groups excluding tert-OH is 1. The van der Waals surface area contributed by atoms with Crippen molar-refractivity contribution in [1.82, 2.24) is 0 Å². The van der Waals surface area contributed by atoms with Crippen LogP contribution in [0.2, 0.25) is 0 Å². The maximum Gasteiger partial charge on any atom is 0.331 e. The first-order chi connectivity index (χ1) is 6.91. The van der Waals surface area contributed by atoms with Gasteiger partial charge in [-0.3, -0.25) is 0 Å². The lowest BCUT2D eigenvalue weighted by Gasteiger charge is -2.05. The van der Waals surface area contributed by atoms with E-state index in [1.807, 2.05) is 0 Å². The Balaban J connectivity index is 4.02. The summed E-state index contributed by atoms with van der Waals surface area (Å²) in [5.74, 6) is -1.73. The summed E-state index contributed by atoms with van der Waals surface area (Å²) in [6, 6.07) is 0. The zero-order valence-corrected chi connectivity index (χ0v) is 8.58. The van der Waals surface area contributed by atoms with Crippen LogP contribution in [-0.2, 0) is 14.3 Å². The quantitative estimate of drug-likeness (QED) is 0.514. The van der Waals surface area contributed by atoms with Gasteiger partial charge in [0, 0.05) is 12.2 Å². The molecule has 0 amide bonds. The molecule has 0 aliphatic heterocycles. The van der Waals surface area contributed by atoms with Gasteiger partial charge in [0.05, 0.1) is 6.10 Å². The van der Waals surface area contributed by atoms with Crippen LogP contribution in [0.1, 0.15) is 13.8 Å². The SMILES string of the molecule is CC(O)C=CC(=O)OC(C)C=CC(=O)O. The summed E-state index contributed by atoms with van der Waals surface area (Å²) in [6.45, 7) is 3.03. The summed E-state index contributed by atoms with van der Waals surface area (Å²) in [5, 5.41) is 17.1. The van der Waals surface area contributed by atoms with E-state index in [4.69, 9.17) is 14.9 Å². The Hall–Kier alpha value is -1.62. The predicted octanol–water partition coefficient (Wildman–Crippen LogP) is 0.496. The molecular formula is C10H14O5. The molecule has 0 aliphatic carbocycles. The second kappa shape index (κ2) is 6.78. The van der Waals surface area contributed by atoms with Crippen molar-refractivity contribution in [2.24, 2.45) is 0 Å². The van der Waals surface area contributed by atoms with Crippen molar-refractivity contribution in [1.29, 1.82) is 0 Å². The minimum Gasteiger partial charge on any atom is -0.478 e. The van der Waals surface area contributed by atoms with Gasteiger partial charge < -0.3 is 14.9 Å². The van der Waals surface area contributed by atoms with Crippen LogP contribution in [0, 0.1) is 0 Å². The molecule has 84 valence electrons. The second-order valence-electron chi connectivity index (χ2n) is 2.94. The fraction of sp³-hybridized carbons (Fsp3) is 0.400. The molecule has 0 bridgehead atoms. The largest absolute Gasteiger partial charge is 0.478 e. The van der Waals surface area contributed by atoms with Crippen LogP contribution in [0.3, 0.4) is 0 Å². The highest BCUT2D eigenvalue weighted by Crippen LogP contribution is 1.95. The molecule has 0 rings (SSSR count). The summed E-state index contributed by atoms with van der Waals surface area (Å²) in [6.07, 6.45) is 3.17. The first-order valence-electron chi connectivity index (χ1n) is 4.40. The van der Waals surface area contributed by atoms with Crippen molar-refractivity contribution in [3.8, 4) is 0 Å². The number of aliphatic carboxylic acids is 1.